The van der Waals surface area contributed by atoms with E-state index in [1.54, 1.807) is 6.07 Å². The molecule has 3 aromatic carbocycles. The van der Waals surface area contributed by atoms with Crippen molar-refractivity contribution in [3.63, 3.8) is 0 Å². The first-order valence-electron chi connectivity index (χ1n) is 16.9. The highest BCUT2D eigenvalue weighted by Gasteiger charge is 2.84. The molecule has 2 atom stereocenters. The van der Waals surface area contributed by atoms with Crippen molar-refractivity contribution in [2.24, 2.45) is 5.92 Å². The summed E-state index contributed by atoms with van der Waals surface area (Å²) in [5, 5.41) is 17.0. The van der Waals surface area contributed by atoms with Crippen LogP contribution >= 0.6 is 0 Å². The second-order valence-corrected chi connectivity index (χ2v) is 12.9. The number of hydrogen-bond acceptors (Lipinski definition) is 7. The van der Waals surface area contributed by atoms with E-state index >= 15 is 0 Å². The number of carbonyl (C=O) groups is 5. The Morgan fingerprint density at radius 3 is 2.09 bits per heavy atom. The average molecular weight is 780 g/mol. The lowest BCUT2D eigenvalue weighted by Gasteiger charge is -2.37. The van der Waals surface area contributed by atoms with Crippen LogP contribution in [0.5, 0.6) is 5.75 Å². The van der Waals surface area contributed by atoms with Crippen LogP contribution in [-0.4, -0.2) is 83.2 Å². The first-order chi connectivity index (χ1) is 25.9. The number of imide groups is 1. The number of anilines is 2. The molecular weight excluding hydrogens is 740 g/mol. The number of alkyl halides is 6. The molecule has 2 fully saturated rings. The third-order valence-corrected chi connectivity index (χ3v) is 9.19. The number of nitrogens with one attached hydrogen (secondary N) is 3. The van der Waals surface area contributed by atoms with E-state index in [9.17, 15) is 55.4 Å². The number of ether oxygens (including phenoxy) is 1. The molecule has 0 bridgehead atoms. The number of carbonyl (C=O) groups excluding carboxylic acids is 4. The minimum absolute atomic E-state index is 0.0140. The number of nitrogens with zero attached hydrogens (tertiary/aromatic N) is 2. The molecule has 5 rings (SSSR count). The first kappa shape index (κ1) is 41.9. The molecule has 1 saturated carbocycles. The summed E-state index contributed by atoms with van der Waals surface area (Å²) in [4.78, 5) is 62.3. The van der Waals surface area contributed by atoms with Crippen molar-refractivity contribution in [3.8, 4) is 5.75 Å². The van der Waals surface area contributed by atoms with Crippen molar-refractivity contribution < 1.29 is 60.2 Å². The molecule has 2 aliphatic rings. The summed E-state index contributed by atoms with van der Waals surface area (Å²) in [6.45, 7) is 0.688. The van der Waals surface area contributed by atoms with Gasteiger partial charge in [0.15, 0.2) is 0 Å². The number of carboxylic acid groups (broad SMARTS) is 1. The third kappa shape index (κ3) is 9.12. The van der Waals surface area contributed by atoms with Crippen LogP contribution in [0, 0.1) is 12.8 Å². The van der Waals surface area contributed by atoms with Crippen molar-refractivity contribution in [2.45, 2.75) is 69.1 Å². The van der Waals surface area contributed by atoms with Gasteiger partial charge < -0.3 is 25.8 Å². The van der Waals surface area contributed by atoms with E-state index in [0.29, 0.717) is 12.8 Å². The van der Waals surface area contributed by atoms with Gasteiger partial charge in [0.2, 0.25) is 12.3 Å². The molecule has 12 nitrogen and oxygen atoms in total. The molecule has 55 heavy (non-hydrogen) atoms. The van der Waals surface area contributed by atoms with E-state index in [1.165, 1.54) is 35.5 Å². The molecule has 1 aliphatic heterocycles. The molecule has 3 aromatic rings. The molecule has 0 radical (unpaired) electrons. The monoisotopic (exact) mass is 779 g/mol. The van der Waals surface area contributed by atoms with Crippen molar-refractivity contribution in [2.75, 3.05) is 24.8 Å². The van der Waals surface area contributed by atoms with Gasteiger partial charge in [-0.2, -0.15) is 26.3 Å². The molecule has 18 heteroatoms. The maximum Gasteiger partial charge on any atom is 0.430 e. The minimum Gasteiger partial charge on any atom is -0.495 e. The number of benzene rings is 3. The van der Waals surface area contributed by atoms with E-state index in [1.807, 2.05) is 19.2 Å². The summed E-state index contributed by atoms with van der Waals surface area (Å²) in [6, 6.07) is 13.4. The number of carboxylic acids is 1. The van der Waals surface area contributed by atoms with Crippen LogP contribution in [-0.2, 0) is 25.7 Å². The molecule has 2 unspecified atom stereocenters. The van der Waals surface area contributed by atoms with E-state index < -0.39 is 84.0 Å². The quantitative estimate of drug-likeness (QED) is 0.0829. The Bertz CT molecular complexity index is 1860. The Kier molecular flexibility index (Phi) is 13.0. The van der Waals surface area contributed by atoms with Crippen molar-refractivity contribution in [1.29, 1.82) is 0 Å². The highest BCUT2D eigenvalue weighted by Crippen LogP contribution is 2.53. The van der Waals surface area contributed by atoms with Gasteiger partial charge in [-0.25, -0.2) is 9.69 Å². The number of rotatable bonds is 14. The van der Waals surface area contributed by atoms with Gasteiger partial charge in [0, 0.05) is 19.3 Å². The highest BCUT2D eigenvalue weighted by molar-refractivity contribution is 6.11. The van der Waals surface area contributed by atoms with Crippen molar-refractivity contribution in [3.05, 3.63) is 89.5 Å². The average Bonchev–Trinajstić information content (AvgIpc) is 3.91. The van der Waals surface area contributed by atoms with Crippen LogP contribution in [0.25, 0.3) is 0 Å². The van der Waals surface area contributed by atoms with Gasteiger partial charge in [-0.15, -0.1) is 0 Å². The molecular formula is C37H39F6N5O7. The third-order valence-electron chi connectivity index (χ3n) is 9.19. The second kappa shape index (κ2) is 17.1. The number of aliphatic carboxylic acids is 1. The lowest BCUT2D eigenvalue weighted by Crippen LogP contribution is -2.69. The zero-order chi connectivity index (χ0) is 40.7. The van der Waals surface area contributed by atoms with Crippen LogP contribution in [0.15, 0.2) is 72.8 Å². The van der Waals surface area contributed by atoms with Crippen LogP contribution < -0.4 is 20.7 Å². The maximum absolute atomic E-state index is 14.7. The Hall–Kier alpha value is -5.81. The van der Waals surface area contributed by atoms with Gasteiger partial charge in [-0.1, -0.05) is 67.4 Å². The lowest BCUT2D eigenvalue weighted by molar-refractivity contribution is -0.315. The van der Waals surface area contributed by atoms with Gasteiger partial charge in [0.1, 0.15) is 11.8 Å². The fraction of sp³-hybridized carbons (Fsp3) is 0.378. The van der Waals surface area contributed by atoms with E-state index in [-0.39, 0.29) is 33.9 Å². The van der Waals surface area contributed by atoms with Gasteiger partial charge in [0.05, 0.1) is 25.3 Å². The molecule has 1 heterocycles. The smallest absolute Gasteiger partial charge is 0.430 e. The normalized spacial score (nSPS) is 16.4. The maximum atomic E-state index is 14.7. The van der Waals surface area contributed by atoms with Gasteiger partial charge >= 0.3 is 29.9 Å². The largest absolute Gasteiger partial charge is 0.495 e. The number of hydrogen-bond donors (Lipinski definition) is 4. The summed E-state index contributed by atoms with van der Waals surface area (Å²) in [7, 11) is 3.05. The molecule has 4 N–H and O–H groups in total. The van der Waals surface area contributed by atoms with E-state index in [4.69, 9.17) is 4.74 Å². The highest BCUT2D eigenvalue weighted by atomic mass is 19.4. The molecule has 0 spiro atoms. The Morgan fingerprint density at radius 2 is 1.58 bits per heavy atom. The molecule has 5 amide bonds. The topological polar surface area (TPSA) is 157 Å². The van der Waals surface area contributed by atoms with E-state index in [0.717, 1.165) is 25.3 Å². The summed E-state index contributed by atoms with van der Waals surface area (Å²) in [6.07, 6.45) is -12.8. The summed E-state index contributed by atoms with van der Waals surface area (Å²) < 4.78 is 93.2. The Balaban J connectivity index is 0.000000654. The second-order valence-electron chi connectivity index (χ2n) is 12.9. The number of halogens is 6. The fourth-order valence-electron chi connectivity index (χ4n) is 6.25. The molecule has 1 aliphatic carbocycles. The number of urea groups is 1. The van der Waals surface area contributed by atoms with Crippen molar-refractivity contribution >= 4 is 41.6 Å². The van der Waals surface area contributed by atoms with E-state index in [2.05, 4.69) is 35.0 Å². The Labute approximate surface area is 311 Å². The summed E-state index contributed by atoms with van der Waals surface area (Å²) in [5.41, 5.74) is -2.93. The van der Waals surface area contributed by atoms with Crippen LogP contribution in [0.4, 0.5) is 42.5 Å². The fourth-order valence-corrected chi connectivity index (χ4v) is 6.25. The SMILES string of the molecule is CNc1ccccc1C.COc1cc(CN2C(=O)N(C(CC3CC3)C(=O)NC(CC(=O)O)c3ccccc3)C(=O)C2(C(F)(F)F)C(F)(F)F)ccc1NC=O. The minimum atomic E-state index is -6.40. The molecule has 0 aromatic heterocycles. The van der Waals surface area contributed by atoms with Crippen LogP contribution in [0.2, 0.25) is 0 Å². The Morgan fingerprint density at radius 1 is 0.964 bits per heavy atom. The number of methoxy groups -OCH3 is 1. The predicted octanol–water partition coefficient (Wildman–Crippen LogP) is 6.43. The molecule has 1 saturated heterocycles. The van der Waals surface area contributed by atoms with Gasteiger partial charge in [-0.3, -0.25) is 24.1 Å². The standard InChI is InChI=1S/C29H28F6N4O7.C8H11N/c1-46-22-12-17(9-10-19(22)36-15-40)14-38-26(45)39(25(44)27(38,28(30,31)32)29(33,34)35)21(11-16-7-8-16)24(43)37-20(13-23(41)42)18-5-3-2-4-6-18;1-7-5-3-4-6-8(7)9-2/h2-6,9-10,12,15-16,20-21H,7-8,11,13-14H2,1H3,(H,36,40)(H,37,43)(H,41,42);3-6,9H,1-2H3. The van der Waals surface area contributed by atoms with Crippen molar-refractivity contribution in [1.82, 2.24) is 15.1 Å². The number of aryl methyl sites for hydroxylation is 1. The lowest BCUT2D eigenvalue weighted by atomic mass is 9.94. The summed E-state index contributed by atoms with van der Waals surface area (Å²) in [5.74, 6) is -5.95. The zero-order valence-corrected chi connectivity index (χ0v) is 29.8. The number of amides is 5. The zero-order valence-electron chi connectivity index (χ0n) is 29.8. The van der Waals surface area contributed by atoms with Gasteiger partial charge in [-0.05, 0) is 54.2 Å². The molecule has 296 valence electrons. The summed E-state index contributed by atoms with van der Waals surface area (Å²) >= 11 is 0. The number of para-hydroxylation sites is 1. The van der Waals surface area contributed by atoms with Crippen LogP contribution in [0.3, 0.4) is 0 Å². The predicted molar refractivity (Wildman–Crippen MR) is 187 cm³/mol. The first-order valence-corrected chi connectivity index (χ1v) is 16.9. The van der Waals surface area contributed by atoms with Gasteiger partial charge in [0.25, 0.3) is 5.91 Å². The van der Waals surface area contributed by atoms with Crippen LogP contribution in [0.1, 0.15) is 48.4 Å².